The second-order valence-electron chi connectivity index (χ2n) is 3.28. The quantitative estimate of drug-likeness (QED) is 0.677. The first-order valence-electron chi connectivity index (χ1n) is 4.54. The van der Waals surface area contributed by atoms with Crippen LogP contribution in [0, 0.1) is 0 Å². The van der Waals surface area contributed by atoms with Crippen molar-refractivity contribution in [3.8, 4) is 0 Å². The molecule has 0 bridgehead atoms. The third kappa shape index (κ3) is 2.39. The van der Waals surface area contributed by atoms with E-state index in [-0.39, 0.29) is 0 Å². The lowest BCUT2D eigenvalue weighted by Crippen LogP contribution is -2.19. The summed E-state index contributed by atoms with van der Waals surface area (Å²) < 4.78 is 0. The molecule has 0 unspecified atom stereocenters. The van der Waals surface area contributed by atoms with E-state index in [2.05, 4.69) is 14.9 Å². The molecule has 13 heavy (non-hydrogen) atoms. The van der Waals surface area contributed by atoms with Crippen LogP contribution in [0.5, 0.6) is 0 Å². The molecule has 3 nitrogen and oxygen atoms in total. The third-order valence-electron chi connectivity index (χ3n) is 2.24. The summed E-state index contributed by atoms with van der Waals surface area (Å²) in [7, 11) is 0. The van der Waals surface area contributed by atoms with Crippen LogP contribution in [0.15, 0.2) is 12.3 Å². The first-order valence-corrected chi connectivity index (χ1v) is 4.92. The van der Waals surface area contributed by atoms with Gasteiger partial charge in [-0.15, -0.1) is 0 Å². The Morgan fingerprint density at radius 3 is 2.85 bits per heavy atom. The summed E-state index contributed by atoms with van der Waals surface area (Å²) in [6.07, 6.45) is 4.29. The zero-order chi connectivity index (χ0) is 9.10. The summed E-state index contributed by atoms with van der Waals surface area (Å²) in [6.45, 7) is 3.16. The lowest BCUT2D eigenvalue weighted by atomic mass is 10.4. The highest BCUT2D eigenvalue weighted by molar-refractivity contribution is 6.29. The fourth-order valence-corrected chi connectivity index (χ4v) is 1.75. The van der Waals surface area contributed by atoms with Crippen molar-refractivity contribution in [1.82, 2.24) is 14.9 Å². The molecular weight excluding hydrogens is 186 g/mol. The Morgan fingerprint density at radius 1 is 1.38 bits per heavy atom. The van der Waals surface area contributed by atoms with E-state index in [4.69, 9.17) is 11.6 Å². The van der Waals surface area contributed by atoms with E-state index in [9.17, 15) is 0 Å². The van der Waals surface area contributed by atoms with Gasteiger partial charge in [-0.05, 0) is 32.0 Å². The number of likely N-dealkylation sites (tertiary alicyclic amines) is 1. The van der Waals surface area contributed by atoms with E-state index in [0.29, 0.717) is 5.15 Å². The Bertz CT molecular complexity index is 284. The van der Waals surface area contributed by atoms with Crippen LogP contribution < -0.4 is 0 Å². The van der Waals surface area contributed by atoms with E-state index in [1.165, 1.54) is 12.8 Å². The molecule has 1 aromatic heterocycles. The van der Waals surface area contributed by atoms with Gasteiger partial charge in [-0.3, -0.25) is 4.90 Å². The Labute approximate surface area is 82.8 Å². The van der Waals surface area contributed by atoms with Crippen molar-refractivity contribution in [2.24, 2.45) is 0 Å². The fraction of sp³-hybridized carbons (Fsp3) is 0.556. The monoisotopic (exact) mass is 197 g/mol. The molecule has 1 aliphatic rings. The van der Waals surface area contributed by atoms with Gasteiger partial charge in [-0.1, -0.05) is 11.6 Å². The summed E-state index contributed by atoms with van der Waals surface area (Å²) in [5, 5.41) is 0.532. The molecule has 1 aliphatic heterocycles. The van der Waals surface area contributed by atoms with E-state index >= 15 is 0 Å². The van der Waals surface area contributed by atoms with Gasteiger partial charge >= 0.3 is 0 Å². The minimum Gasteiger partial charge on any atom is -0.296 e. The molecule has 1 saturated heterocycles. The fourth-order valence-electron chi connectivity index (χ4n) is 1.59. The Morgan fingerprint density at radius 2 is 2.15 bits per heavy atom. The Hall–Kier alpha value is -0.670. The molecule has 0 aliphatic carbocycles. The highest BCUT2D eigenvalue weighted by atomic mass is 35.5. The van der Waals surface area contributed by atoms with E-state index in [1.807, 2.05) is 0 Å². The van der Waals surface area contributed by atoms with Gasteiger partial charge in [0, 0.05) is 6.20 Å². The largest absolute Gasteiger partial charge is 0.296 e. The lowest BCUT2D eigenvalue weighted by molar-refractivity contribution is 0.322. The van der Waals surface area contributed by atoms with Gasteiger partial charge in [-0.2, -0.15) is 0 Å². The first-order chi connectivity index (χ1) is 6.34. The molecule has 0 atom stereocenters. The maximum Gasteiger partial charge on any atom is 0.143 e. The molecule has 0 radical (unpaired) electrons. The van der Waals surface area contributed by atoms with Gasteiger partial charge in [0.15, 0.2) is 0 Å². The molecule has 0 amide bonds. The molecule has 0 spiro atoms. The van der Waals surface area contributed by atoms with Crippen LogP contribution in [0.2, 0.25) is 5.15 Å². The number of rotatable bonds is 2. The van der Waals surface area contributed by atoms with E-state index in [0.717, 1.165) is 25.5 Å². The number of aromatic nitrogens is 2. The lowest BCUT2D eigenvalue weighted by Gasteiger charge is -2.12. The molecule has 0 N–H and O–H groups in total. The highest BCUT2D eigenvalue weighted by Crippen LogP contribution is 2.11. The average molecular weight is 198 g/mol. The van der Waals surface area contributed by atoms with Gasteiger partial charge in [0.1, 0.15) is 11.0 Å². The maximum atomic E-state index is 5.76. The summed E-state index contributed by atoms with van der Waals surface area (Å²) in [5.41, 5.74) is 0. The Balaban J connectivity index is 2.00. The van der Waals surface area contributed by atoms with Crippen molar-refractivity contribution in [2.45, 2.75) is 19.4 Å². The number of hydrogen-bond donors (Lipinski definition) is 0. The molecule has 0 saturated carbocycles. The predicted molar refractivity (Wildman–Crippen MR) is 51.6 cm³/mol. The molecule has 0 aromatic carbocycles. The van der Waals surface area contributed by atoms with Gasteiger partial charge in [0.05, 0.1) is 6.54 Å². The van der Waals surface area contributed by atoms with Crippen molar-refractivity contribution in [3.05, 3.63) is 23.2 Å². The molecule has 1 fully saturated rings. The zero-order valence-electron chi connectivity index (χ0n) is 7.41. The van der Waals surface area contributed by atoms with Crippen LogP contribution in [-0.4, -0.2) is 28.0 Å². The number of hydrogen-bond acceptors (Lipinski definition) is 3. The van der Waals surface area contributed by atoms with Crippen molar-refractivity contribution in [3.63, 3.8) is 0 Å². The second-order valence-corrected chi connectivity index (χ2v) is 3.67. The highest BCUT2D eigenvalue weighted by Gasteiger charge is 2.12. The second kappa shape index (κ2) is 4.03. The number of nitrogens with zero attached hydrogens (tertiary/aromatic N) is 3. The van der Waals surface area contributed by atoms with Crippen LogP contribution in [0.25, 0.3) is 0 Å². The van der Waals surface area contributed by atoms with Crippen LogP contribution >= 0.6 is 11.6 Å². The molecule has 1 aromatic rings. The normalized spacial score (nSPS) is 17.9. The molecule has 4 heteroatoms. The van der Waals surface area contributed by atoms with Gasteiger partial charge in [0.25, 0.3) is 0 Å². The van der Waals surface area contributed by atoms with Gasteiger partial charge in [-0.25, -0.2) is 9.97 Å². The smallest absolute Gasteiger partial charge is 0.143 e. The van der Waals surface area contributed by atoms with Crippen molar-refractivity contribution < 1.29 is 0 Å². The standard InChI is InChI=1S/C9H12ClN3/c10-8-3-4-11-9(12-8)7-13-5-1-2-6-13/h3-4H,1-2,5-7H2. The van der Waals surface area contributed by atoms with Crippen molar-refractivity contribution in [1.29, 1.82) is 0 Å². The minimum atomic E-state index is 0.532. The molecule has 2 rings (SSSR count). The van der Waals surface area contributed by atoms with Gasteiger partial charge in [0.2, 0.25) is 0 Å². The number of halogens is 1. The Kier molecular flexibility index (Phi) is 2.76. The minimum absolute atomic E-state index is 0.532. The van der Waals surface area contributed by atoms with E-state index in [1.54, 1.807) is 12.3 Å². The molecule has 2 heterocycles. The van der Waals surface area contributed by atoms with Crippen LogP contribution in [-0.2, 0) is 6.54 Å². The maximum absolute atomic E-state index is 5.76. The van der Waals surface area contributed by atoms with Gasteiger partial charge < -0.3 is 0 Å². The topological polar surface area (TPSA) is 29.0 Å². The first kappa shape index (κ1) is 8.91. The SMILES string of the molecule is Clc1ccnc(CN2CCCC2)n1. The van der Waals surface area contributed by atoms with E-state index < -0.39 is 0 Å². The van der Waals surface area contributed by atoms with Crippen LogP contribution in [0.1, 0.15) is 18.7 Å². The molecular formula is C9H12ClN3. The van der Waals surface area contributed by atoms with Crippen molar-refractivity contribution >= 4 is 11.6 Å². The predicted octanol–water partition coefficient (Wildman–Crippen LogP) is 1.73. The summed E-state index contributed by atoms with van der Waals surface area (Å²) in [5.74, 6) is 0.828. The third-order valence-corrected chi connectivity index (χ3v) is 2.45. The average Bonchev–Trinajstić information content (AvgIpc) is 2.57. The summed E-state index contributed by atoms with van der Waals surface area (Å²) in [4.78, 5) is 10.7. The van der Waals surface area contributed by atoms with Crippen LogP contribution in [0.3, 0.4) is 0 Å². The summed E-state index contributed by atoms with van der Waals surface area (Å²) in [6, 6.07) is 1.70. The van der Waals surface area contributed by atoms with Crippen molar-refractivity contribution in [2.75, 3.05) is 13.1 Å². The molecule has 70 valence electrons. The summed E-state index contributed by atoms with van der Waals surface area (Å²) >= 11 is 5.76. The van der Waals surface area contributed by atoms with Crippen LogP contribution in [0.4, 0.5) is 0 Å². The zero-order valence-corrected chi connectivity index (χ0v) is 8.17.